The molecule has 1 heterocycles. The quantitative estimate of drug-likeness (QED) is 0.752. The Morgan fingerprint density at radius 1 is 1.14 bits per heavy atom. The molecule has 0 amide bonds. The summed E-state index contributed by atoms with van der Waals surface area (Å²) in [5, 5.41) is 4.64. The average molecular weight is 286 g/mol. The highest BCUT2D eigenvalue weighted by molar-refractivity contribution is 5.82. The first-order valence-corrected chi connectivity index (χ1v) is 8.55. The van der Waals surface area contributed by atoms with Gasteiger partial charge >= 0.3 is 0 Å². The molecule has 0 aliphatic heterocycles. The number of allylic oxidation sites excluding steroid dienone is 2. The molecule has 0 saturated heterocycles. The van der Waals surface area contributed by atoms with Crippen molar-refractivity contribution < 1.29 is 4.79 Å². The third-order valence-corrected chi connectivity index (χ3v) is 4.80. The Bertz CT molecular complexity index is 509. The zero-order valence-electron chi connectivity index (χ0n) is 12.9. The highest BCUT2D eigenvalue weighted by Gasteiger charge is 2.17. The summed E-state index contributed by atoms with van der Waals surface area (Å²) in [4.78, 5) is 12.2. The van der Waals surface area contributed by atoms with E-state index in [0.29, 0.717) is 24.7 Å². The smallest absolute Gasteiger partial charge is 0.142 e. The van der Waals surface area contributed by atoms with Gasteiger partial charge in [-0.2, -0.15) is 5.10 Å². The number of ketones is 1. The average Bonchev–Trinajstić information content (AvgIpc) is 2.97. The van der Waals surface area contributed by atoms with Crippen LogP contribution in [0.1, 0.15) is 75.9 Å². The molecule has 0 aromatic carbocycles. The predicted molar refractivity (Wildman–Crippen MR) is 84.2 cm³/mol. The summed E-state index contributed by atoms with van der Waals surface area (Å²) >= 11 is 0. The molecule has 0 unspecified atom stereocenters. The molecule has 2 aliphatic rings. The molecule has 2 aliphatic carbocycles. The third-order valence-electron chi connectivity index (χ3n) is 4.80. The van der Waals surface area contributed by atoms with Crippen molar-refractivity contribution in [3.63, 3.8) is 0 Å². The molecule has 114 valence electrons. The normalized spacial score (nSPS) is 20.3. The number of carbonyl (C=O) groups is 1. The van der Waals surface area contributed by atoms with Crippen molar-refractivity contribution in [1.82, 2.24) is 9.78 Å². The molecule has 1 saturated carbocycles. The maximum atomic E-state index is 12.2. The SMILES string of the molecule is O=C(CC1=CCCCC1)Cc1ccn(C2CCCCC2)n1. The van der Waals surface area contributed by atoms with Gasteiger partial charge < -0.3 is 0 Å². The highest BCUT2D eigenvalue weighted by Crippen LogP contribution is 2.27. The van der Waals surface area contributed by atoms with Crippen molar-refractivity contribution >= 4 is 5.78 Å². The van der Waals surface area contributed by atoms with Gasteiger partial charge in [-0.05, 0) is 44.6 Å². The van der Waals surface area contributed by atoms with E-state index in [2.05, 4.69) is 22.1 Å². The molecule has 21 heavy (non-hydrogen) atoms. The molecular weight excluding hydrogens is 260 g/mol. The van der Waals surface area contributed by atoms with Crippen molar-refractivity contribution in [2.45, 2.75) is 76.7 Å². The minimum atomic E-state index is 0.317. The van der Waals surface area contributed by atoms with Gasteiger partial charge in [0.2, 0.25) is 0 Å². The highest BCUT2D eigenvalue weighted by atomic mass is 16.1. The minimum absolute atomic E-state index is 0.317. The largest absolute Gasteiger partial charge is 0.299 e. The Labute approximate surface area is 127 Å². The van der Waals surface area contributed by atoms with E-state index in [4.69, 9.17) is 0 Å². The van der Waals surface area contributed by atoms with E-state index in [0.717, 1.165) is 18.5 Å². The molecule has 0 spiro atoms. The Hall–Kier alpha value is -1.38. The lowest BCUT2D eigenvalue weighted by molar-refractivity contribution is -0.117. The van der Waals surface area contributed by atoms with Crippen LogP contribution in [-0.4, -0.2) is 15.6 Å². The van der Waals surface area contributed by atoms with Crippen LogP contribution < -0.4 is 0 Å². The van der Waals surface area contributed by atoms with Crippen LogP contribution in [0.2, 0.25) is 0 Å². The molecule has 3 nitrogen and oxygen atoms in total. The zero-order chi connectivity index (χ0) is 14.5. The van der Waals surface area contributed by atoms with Crippen molar-refractivity contribution in [2.24, 2.45) is 0 Å². The third kappa shape index (κ3) is 4.05. The topological polar surface area (TPSA) is 34.9 Å². The summed E-state index contributed by atoms with van der Waals surface area (Å²) in [6, 6.07) is 2.59. The number of hydrogen-bond acceptors (Lipinski definition) is 2. The van der Waals surface area contributed by atoms with E-state index in [-0.39, 0.29) is 0 Å². The second-order valence-corrected chi connectivity index (χ2v) is 6.58. The van der Waals surface area contributed by atoms with Gasteiger partial charge in [0, 0.05) is 12.6 Å². The van der Waals surface area contributed by atoms with E-state index < -0.39 is 0 Å². The lowest BCUT2D eigenvalue weighted by atomic mass is 9.95. The fraction of sp³-hybridized carbons (Fsp3) is 0.667. The molecule has 0 bridgehead atoms. The van der Waals surface area contributed by atoms with Crippen LogP contribution in [0.5, 0.6) is 0 Å². The van der Waals surface area contributed by atoms with E-state index in [1.54, 1.807) is 0 Å². The van der Waals surface area contributed by atoms with Gasteiger partial charge in [0.25, 0.3) is 0 Å². The summed E-state index contributed by atoms with van der Waals surface area (Å²) in [6.07, 6.45) is 16.7. The van der Waals surface area contributed by atoms with Crippen LogP contribution in [0.15, 0.2) is 23.9 Å². The van der Waals surface area contributed by atoms with E-state index >= 15 is 0 Å². The number of rotatable bonds is 5. The molecule has 0 atom stereocenters. The van der Waals surface area contributed by atoms with Crippen LogP contribution in [0.25, 0.3) is 0 Å². The fourth-order valence-corrected chi connectivity index (χ4v) is 3.60. The van der Waals surface area contributed by atoms with Crippen molar-refractivity contribution in [1.29, 1.82) is 0 Å². The van der Waals surface area contributed by atoms with Gasteiger partial charge in [0.05, 0.1) is 18.2 Å². The fourth-order valence-electron chi connectivity index (χ4n) is 3.60. The first-order chi connectivity index (χ1) is 10.3. The first kappa shape index (κ1) is 14.6. The van der Waals surface area contributed by atoms with Crippen molar-refractivity contribution in [3.8, 4) is 0 Å². The number of hydrogen-bond donors (Lipinski definition) is 0. The van der Waals surface area contributed by atoms with Crippen molar-refractivity contribution in [3.05, 3.63) is 29.6 Å². The van der Waals surface area contributed by atoms with Gasteiger partial charge in [-0.3, -0.25) is 9.48 Å². The summed E-state index contributed by atoms with van der Waals surface area (Å²) < 4.78 is 2.10. The molecule has 3 heteroatoms. The van der Waals surface area contributed by atoms with Crippen LogP contribution in [0.3, 0.4) is 0 Å². The molecule has 0 radical (unpaired) electrons. The Kier molecular flexibility index (Phi) is 4.89. The predicted octanol–water partition coefficient (Wildman–Crippen LogP) is 4.39. The van der Waals surface area contributed by atoms with E-state index in [9.17, 15) is 4.79 Å². The lowest BCUT2D eigenvalue weighted by Gasteiger charge is -2.21. The van der Waals surface area contributed by atoms with Crippen LogP contribution >= 0.6 is 0 Å². The molecule has 0 N–H and O–H groups in total. The Morgan fingerprint density at radius 2 is 2.00 bits per heavy atom. The maximum Gasteiger partial charge on any atom is 0.142 e. The molecular formula is C18H26N2O. The summed E-state index contributed by atoms with van der Waals surface area (Å²) in [7, 11) is 0. The summed E-state index contributed by atoms with van der Waals surface area (Å²) in [5.41, 5.74) is 2.29. The van der Waals surface area contributed by atoms with E-state index in [1.807, 2.05) is 6.07 Å². The van der Waals surface area contributed by atoms with Crippen LogP contribution in [0.4, 0.5) is 0 Å². The summed E-state index contributed by atoms with van der Waals surface area (Å²) in [5.74, 6) is 0.317. The molecule has 1 aromatic heterocycles. The second-order valence-electron chi connectivity index (χ2n) is 6.58. The van der Waals surface area contributed by atoms with Gasteiger partial charge in [-0.25, -0.2) is 0 Å². The van der Waals surface area contributed by atoms with Crippen LogP contribution in [-0.2, 0) is 11.2 Å². The van der Waals surface area contributed by atoms with Gasteiger partial charge in [0.1, 0.15) is 5.78 Å². The minimum Gasteiger partial charge on any atom is -0.299 e. The van der Waals surface area contributed by atoms with Crippen LogP contribution in [0, 0.1) is 0 Å². The maximum absolute atomic E-state index is 12.2. The monoisotopic (exact) mass is 286 g/mol. The second kappa shape index (κ2) is 7.06. The van der Waals surface area contributed by atoms with Gasteiger partial charge in [0.15, 0.2) is 0 Å². The number of aromatic nitrogens is 2. The van der Waals surface area contributed by atoms with Crippen molar-refractivity contribution in [2.75, 3.05) is 0 Å². The lowest BCUT2D eigenvalue weighted by Crippen LogP contribution is -2.14. The number of Topliss-reactive ketones (excluding diaryl/α,β-unsaturated/α-hetero) is 1. The summed E-state index contributed by atoms with van der Waals surface area (Å²) in [6.45, 7) is 0. The Morgan fingerprint density at radius 3 is 2.76 bits per heavy atom. The Balaban J connectivity index is 1.53. The number of carbonyl (C=O) groups excluding carboxylic acids is 1. The number of nitrogens with zero attached hydrogens (tertiary/aromatic N) is 2. The van der Waals surface area contributed by atoms with Gasteiger partial charge in [-0.15, -0.1) is 0 Å². The first-order valence-electron chi connectivity index (χ1n) is 8.55. The zero-order valence-corrected chi connectivity index (χ0v) is 12.9. The standard InChI is InChI=1S/C18H26N2O/c21-18(13-15-7-3-1-4-8-15)14-16-11-12-20(19-16)17-9-5-2-6-10-17/h7,11-12,17H,1-6,8-10,13-14H2. The van der Waals surface area contributed by atoms with E-state index in [1.165, 1.54) is 50.5 Å². The van der Waals surface area contributed by atoms with Gasteiger partial charge in [-0.1, -0.05) is 30.9 Å². The molecule has 1 fully saturated rings. The molecule has 1 aromatic rings. The molecule has 3 rings (SSSR count).